The summed E-state index contributed by atoms with van der Waals surface area (Å²) in [6.07, 6.45) is 3.13. The Morgan fingerprint density at radius 2 is 2.18 bits per heavy atom. The van der Waals surface area contributed by atoms with Gasteiger partial charge >= 0.3 is 0 Å². The Morgan fingerprint density at radius 3 is 2.94 bits per heavy atom. The van der Waals surface area contributed by atoms with Crippen molar-refractivity contribution in [2.45, 2.75) is 31.3 Å². The highest BCUT2D eigenvalue weighted by atomic mass is 79.9. The molecular weight excluding hydrogens is 285 g/mol. The monoisotopic (exact) mass is 301 g/mol. The van der Waals surface area contributed by atoms with Crippen molar-refractivity contribution in [1.29, 1.82) is 0 Å². The maximum absolute atomic E-state index is 13.1. The van der Waals surface area contributed by atoms with Crippen LogP contribution in [0.3, 0.4) is 0 Å². The number of benzene rings is 1. The highest BCUT2D eigenvalue weighted by molar-refractivity contribution is 9.10. The third-order valence-electron chi connectivity index (χ3n) is 3.28. The van der Waals surface area contributed by atoms with Gasteiger partial charge in [-0.1, -0.05) is 6.07 Å². The smallest absolute Gasteiger partial charge is 0.137 e. The number of hydrogen-bond acceptors (Lipinski definition) is 2. The van der Waals surface area contributed by atoms with Gasteiger partial charge in [-0.3, -0.25) is 0 Å². The van der Waals surface area contributed by atoms with Gasteiger partial charge in [-0.2, -0.15) is 0 Å². The van der Waals surface area contributed by atoms with Gasteiger partial charge in [-0.25, -0.2) is 4.39 Å². The second-order valence-electron chi connectivity index (χ2n) is 4.75. The summed E-state index contributed by atoms with van der Waals surface area (Å²) in [6.45, 7) is 1.81. The molecule has 0 bridgehead atoms. The number of halogens is 2. The third-order valence-corrected chi connectivity index (χ3v) is 3.89. The molecule has 2 N–H and O–H groups in total. The Balaban J connectivity index is 2.10. The summed E-state index contributed by atoms with van der Waals surface area (Å²) in [6, 6.07) is 4.94. The Labute approximate surface area is 109 Å². The summed E-state index contributed by atoms with van der Waals surface area (Å²) in [7, 11) is 0. The topological polar surface area (TPSA) is 32.3 Å². The molecule has 1 heterocycles. The predicted octanol–water partition coefficient (Wildman–Crippen LogP) is 2.64. The van der Waals surface area contributed by atoms with Gasteiger partial charge in [0.25, 0.3) is 0 Å². The van der Waals surface area contributed by atoms with E-state index in [1.807, 2.05) is 0 Å². The standard InChI is InChI=1S/C13H17BrFNO/c14-11-8-10(2-3-12(11)15)9-13(17)4-1-6-16-7-5-13/h2-3,8,16-17H,1,4-7,9H2. The van der Waals surface area contributed by atoms with Crippen molar-refractivity contribution in [3.8, 4) is 0 Å². The molecule has 0 saturated carbocycles. The van der Waals surface area contributed by atoms with Crippen LogP contribution in [-0.4, -0.2) is 23.8 Å². The number of hydrogen-bond donors (Lipinski definition) is 2. The zero-order valence-corrected chi connectivity index (χ0v) is 11.3. The fourth-order valence-corrected chi connectivity index (χ4v) is 2.75. The molecule has 0 spiro atoms. The third kappa shape index (κ3) is 3.50. The molecule has 1 unspecified atom stereocenters. The van der Waals surface area contributed by atoms with E-state index in [1.54, 1.807) is 12.1 Å². The van der Waals surface area contributed by atoms with Crippen molar-refractivity contribution in [3.63, 3.8) is 0 Å². The molecule has 0 amide bonds. The van der Waals surface area contributed by atoms with E-state index in [1.165, 1.54) is 6.07 Å². The first kappa shape index (κ1) is 13.0. The van der Waals surface area contributed by atoms with Crippen molar-refractivity contribution in [1.82, 2.24) is 5.32 Å². The molecular formula is C13H17BrFNO. The summed E-state index contributed by atoms with van der Waals surface area (Å²) in [5, 5.41) is 13.8. The SMILES string of the molecule is OC1(Cc2ccc(F)c(Br)c2)CCCNCC1. The molecule has 0 aliphatic carbocycles. The number of rotatable bonds is 2. The molecule has 1 aliphatic rings. The lowest BCUT2D eigenvalue weighted by atomic mass is 9.88. The molecule has 1 aliphatic heterocycles. The van der Waals surface area contributed by atoms with Gasteiger partial charge in [0.05, 0.1) is 10.1 Å². The average molecular weight is 302 g/mol. The van der Waals surface area contributed by atoms with Gasteiger partial charge in [0.15, 0.2) is 0 Å². The van der Waals surface area contributed by atoms with Crippen LogP contribution in [0.2, 0.25) is 0 Å². The average Bonchev–Trinajstić information content (AvgIpc) is 2.49. The molecule has 94 valence electrons. The maximum atomic E-state index is 13.1. The molecule has 2 rings (SSSR count). The molecule has 1 atom stereocenters. The van der Waals surface area contributed by atoms with Gasteiger partial charge in [0.2, 0.25) is 0 Å². The van der Waals surface area contributed by atoms with Crippen LogP contribution in [0, 0.1) is 5.82 Å². The lowest BCUT2D eigenvalue weighted by Gasteiger charge is -2.26. The minimum absolute atomic E-state index is 0.261. The van der Waals surface area contributed by atoms with Crippen molar-refractivity contribution >= 4 is 15.9 Å². The molecule has 4 heteroatoms. The van der Waals surface area contributed by atoms with Crippen LogP contribution < -0.4 is 5.32 Å². The molecule has 1 aromatic rings. The van der Waals surface area contributed by atoms with Gasteiger partial charge in [-0.15, -0.1) is 0 Å². The summed E-state index contributed by atoms with van der Waals surface area (Å²) >= 11 is 3.17. The van der Waals surface area contributed by atoms with Crippen LogP contribution in [0.1, 0.15) is 24.8 Å². The molecule has 1 fully saturated rings. The number of aliphatic hydroxyl groups is 1. The van der Waals surface area contributed by atoms with E-state index in [2.05, 4.69) is 21.2 Å². The summed E-state index contributed by atoms with van der Waals surface area (Å²) in [5.74, 6) is -0.261. The van der Waals surface area contributed by atoms with Crippen LogP contribution in [0.5, 0.6) is 0 Å². The Kier molecular flexibility index (Phi) is 4.17. The van der Waals surface area contributed by atoms with Crippen LogP contribution >= 0.6 is 15.9 Å². The zero-order chi connectivity index (χ0) is 12.3. The van der Waals surface area contributed by atoms with Gasteiger partial charge in [-0.05, 0) is 66.0 Å². The zero-order valence-electron chi connectivity index (χ0n) is 9.68. The first-order valence-corrected chi connectivity index (χ1v) is 6.75. The molecule has 1 aromatic carbocycles. The predicted molar refractivity (Wildman–Crippen MR) is 69.5 cm³/mol. The minimum atomic E-state index is -0.652. The summed E-state index contributed by atoms with van der Waals surface area (Å²) in [5.41, 5.74) is 0.323. The first-order chi connectivity index (χ1) is 8.09. The van der Waals surface area contributed by atoms with E-state index in [0.29, 0.717) is 10.9 Å². The van der Waals surface area contributed by atoms with Crippen LogP contribution in [0.25, 0.3) is 0 Å². The second-order valence-corrected chi connectivity index (χ2v) is 5.61. The molecule has 1 saturated heterocycles. The molecule has 2 nitrogen and oxygen atoms in total. The van der Waals surface area contributed by atoms with Crippen molar-refractivity contribution < 1.29 is 9.50 Å². The molecule has 0 aromatic heterocycles. The van der Waals surface area contributed by atoms with Crippen LogP contribution in [-0.2, 0) is 6.42 Å². The van der Waals surface area contributed by atoms with E-state index >= 15 is 0 Å². The quantitative estimate of drug-likeness (QED) is 0.880. The second kappa shape index (κ2) is 5.46. The number of nitrogens with one attached hydrogen (secondary N) is 1. The maximum Gasteiger partial charge on any atom is 0.137 e. The van der Waals surface area contributed by atoms with E-state index in [0.717, 1.165) is 37.9 Å². The van der Waals surface area contributed by atoms with Gasteiger partial charge in [0, 0.05) is 6.42 Å². The van der Waals surface area contributed by atoms with Crippen LogP contribution in [0.4, 0.5) is 4.39 Å². The summed E-state index contributed by atoms with van der Waals surface area (Å²) < 4.78 is 13.6. The largest absolute Gasteiger partial charge is 0.389 e. The lowest BCUT2D eigenvalue weighted by molar-refractivity contribution is 0.0284. The van der Waals surface area contributed by atoms with E-state index < -0.39 is 5.60 Å². The lowest BCUT2D eigenvalue weighted by Crippen LogP contribution is -2.32. The van der Waals surface area contributed by atoms with Crippen molar-refractivity contribution in [2.24, 2.45) is 0 Å². The highest BCUT2D eigenvalue weighted by Gasteiger charge is 2.28. The van der Waals surface area contributed by atoms with Gasteiger partial charge in [0.1, 0.15) is 5.82 Å². The van der Waals surface area contributed by atoms with Crippen molar-refractivity contribution in [2.75, 3.05) is 13.1 Å². The fraction of sp³-hybridized carbons (Fsp3) is 0.538. The van der Waals surface area contributed by atoms with Crippen molar-refractivity contribution in [3.05, 3.63) is 34.1 Å². The Morgan fingerprint density at radius 1 is 1.35 bits per heavy atom. The molecule has 0 radical (unpaired) electrons. The normalized spacial score (nSPS) is 25.6. The highest BCUT2D eigenvalue weighted by Crippen LogP contribution is 2.26. The van der Waals surface area contributed by atoms with Crippen LogP contribution in [0.15, 0.2) is 22.7 Å². The van der Waals surface area contributed by atoms with Gasteiger partial charge < -0.3 is 10.4 Å². The Bertz CT molecular complexity index is 389. The van der Waals surface area contributed by atoms with E-state index in [-0.39, 0.29) is 5.82 Å². The fourth-order valence-electron chi connectivity index (χ4n) is 2.32. The molecule has 17 heavy (non-hydrogen) atoms. The van der Waals surface area contributed by atoms with E-state index in [4.69, 9.17) is 0 Å². The van der Waals surface area contributed by atoms with E-state index in [9.17, 15) is 9.50 Å². The first-order valence-electron chi connectivity index (χ1n) is 5.96. The summed E-state index contributed by atoms with van der Waals surface area (Å²) in [4.78, 5) is 0. The Hall–Kier alpha value is -0.450. The minimum Gasteiger partial charge on any atom is -0.389 e.